The van der Waals surface area contributed by atoms with Gasteiger partial charge in [0.25, 0.3) is 10.0 Å². The van der Waals surface area contributed by atoms with Crippen LogP contribution in [-0.4, -0.2) is 18.4 Å². The molecule has 0 bridgehead atoms. The molecule has 0 radical (unpaired) electrons. The largest absolute Gasteiger partial charge is 0.423 e. The summed E-state index contributed by atoms with van der Waals surface area (Å²) in [6.07, 6.45) is 1.82. The highest BCUT2D eigenvalue weighted by Gasteiger charge is 2.18. The Hall–Kier alpha value is -3.20. The van der Waals surface area contributed by atoms with Crippen LogP contribution < -0.4 is 4.72 Å². The van der Waals surface area contributed by atoms with Crippen LogP contribution >= 0.6 is 22.9 Å². The van der Waals surface area contributed by atoms with Crippen LogP contribution in [0.3, 0.4) is 0 Å². The van der Waals surface area contributed by atoms with Gasteiger partial charge in [0, 0.05) is 16.8 Å². The average molecular weight is 468 g/mol. The van der Waals surface area contributed by atoms with Gasteiger partial charge in [0.2, 0.25) is 0 Å². The molecule has 0 spiro atoms. The van der Waals surface area contributed by atoms with E-state index in [0.717, 1.165) is 21.0 Å². The molecule has 0 saturated heterocycles. The minimum Gasteiger partial charge on any atom is -0.423 e. The summed E-state index contributed by atoms with van der Waals surface area (Å²) in [6.45, 7) is 0. The highest BCUT2D eigenvalue weighted by Crippen LogP contribution is 2.32. The molecule has 0 atom stereocenters. The molecule has 0 saturated carbocycles. The van der Waals surface area contributed by atoms with E-state index in [1.807, 2.05) is 36.5 Å². The zero-order valence-corrected chi connectivity index (χ0v) is 18.2. The summed E-state index contributed by atoms with van der Waals surface area (Å²) in [4.78, 5) is 9.74. The van der Waals surface area contributed by atoms with E-state index in [1.54, 1.807) is 41.7 Å². The summed E-state index contributed by atoms with van der Waals surface area (Å²) in [5.41, 5.74) is 2.84. The van der Waals surface area contributed by atoms with Crippen molar-refractivity contribution in [1.82, 2.24) is 9.97 Å². The Morgan fingerprint density at radius 1 is 0.935 bits per heavy atom. The first-order valence-electron chi connectivity index (χ1n) is 9.18. The van der Waals surface area contributed by atoms with E-state index >= 15 is 0 Å². The van der Waals surface area contributed by atoms with Gasteiger partial charge in [-0.25, -0.2) is 18.1 Å². The highest BCUT2D eigenvalue weighted by atomic mass is 35.5. The predicted molar refractivity (Wildman–Crippen MR) is 123 cm³/mol. The maximum atomic E-state index is 12.7. The molecule has 5 rings (SSSR count). The van der Waals surface area contributed by atoms with Gasteiger partial charge in [0.05, 0.1) is 9.77 Å². The van der Waals surface area contributed by atoms with Crippen LogP contribution in [0.25, 0.3) is 32.1 Å². The molecular formula is C22H14ClN3O3S2. The summed E-state index contributed by atoms with van der Waals surface area (Å²) in [5, 5.41) is 1.30. The molecule has 3 aromatic carbocycles. The number of sulfonamides is 1. The van der Waals surface area contributed by atoms with Gasteiger partial charge in [0.1, 0.15) is 10.5 Å². The maximum absolute atomic E-state index is 12.7. The van der Waals surface area contributed by atoms with Gasteiger partial charge < -0.3 is 4.42 Å². The van der Waals surface area contributed by atoms with Crippen LogP contribution in [0.2, 0.25) is 5.02 Å². The van der Waals surface area contributed by atoms with E-state index in [0.29, 0.717) is 16.1 Å². The topological polar surface area (TPSA) is 85.1 Å². The Labute approximate surface area is 187 Å². The lowest BCUT2D eigenvalue weighted by molar-refractivity contribution is 0.591. The first-order valence-corrected chi connectivity index (χ1v) is 11.9. The van der Waals surface area contributed by atoms with Gasteiger partial charge in [-0.3, -0.25) is 0 Å². The molecule has 0 unspecified atom stereocenters. The van der Waals surface area contributed by atoms with Crippen molar-refractivity contribution in [3.8, 4) is 21.0 Å². The van der Waals surface area contributed by atoms with Gasteiger partial charge in [-0.05, 0) is 35.9 Å². The lowest BCUT2D eigenvalue weighted by atomic mass is 10.2. The average Bonchev–Trinajstić information content (AvgIpc) is 3.41. The number of nitrogens with zero attached hydrogens (tertiary/aromatic N) is 2. The van der Waals surface area contributed by atoms with Crippen molar-refractivity contribution < 1.29 is 12.8 Å². The molecule has 2 heterocycles. The zero-order chi connectivity index (χ0) is 21.4. The molecule has 0 fully saturated rings. The molecule has 1 N–H and O–H groups in total. The van der Waals surface area contributed by atoms with Gasteiger partial charge in [-0.15, -0.1) is 11.3 Å². The number of halogens is 1. The summed E-state index contributed by atoms with van der Waals surface area (Å²) in [6, 6.07) is 21.3. The van der Waals surface area contributed by atoms with Crippen LogP contribution in [0.1, 0.15) is 0 Å². The van der Waals surface area contributed by atoms with E-state index in [9.17, 15) is 8.42 Å². The molecule has 2 aromatic heterocycles. The summed E-state index contributed by atoms with van der Waals surface area (Å²) in [7, 11) is -3.86. The number of nitrogens with one attached hydrogen (secondary N) is 1. The summed E-state index contributed by atoms with van der Waals surface area (Å²) >= 11 is 7.48. The second-order valence-corrected chi connectivity index (χ2v) is 9.81. The number of benzene rings is 3. The van der Waals surface area contributed by atoms with Gasteiger partial charge in [-0.1, -0.05) is 54.1 Å². The Balaban J connectivity index is 1.38. The number of hydrogen-bond acceptors (Lipinski definition) is 6. The SMILES string of the molecule is O=S(=O)(Nc1nc2cc(Cl)ccc2o1)c1ccc(-c2ncc(-c3ccccc3)s2)cc1. The lowest BCUT2D eigenvalue weighted by Crippen LogP contribution is -2.13. The van der Waals surface area contributed by atoms with Crippen LogP contribution in [-0.2, 0) is 10.0 Å². The summed E-state index contributed by atoms with van der Waals surface area (Å²) in [5.74, 6) is 0. The molecule has 31 heavy (non-hydrogen) atoms. The molecule has 0 aliphatic carbocycles. The van der Waals surface area contributed by atoms with Crippen LogP contribution in [0.15, 0.2) is 88.3 Å². The van der Waals surface area contributed by atoms with E-state index in [2.05, 4.69) is 14.7 Å². The smallest absolute Gasteiger partial charge is 0.309 e. The van der Waals surface area contributed by atoms with Crippen molar-refractivity contribution >= 4 is 50.1 Å². The van der Waals surface area contributed by atoms with Crippen LogP contribution in [0.5, 0.6) is 0 Å². The van der Waals surface area contributed by atoms with Crippen molar-refractivity contribution in [2.24, 2.45) is 0 Å². The fourth-order valence-corrected chi connectivity index (χ4v) is 5.06. The predicted octanol–water partition coefficient (Wildman–Crippen LogP) is 6.07. The molecular weight excluding hydrogens is 454 g/mol. The first-order chi connectivity index (χ1) is 15.0. The highest BCUT2D eigenvalue weighted by molar-refractivity contribution is 7.92. The van der Waals surface area contributed by atoms with Crippen molar-refractivity contribution in [2.45, 2.75) is 4.90 Å². The Morgan fingerprint density at radius 3 is 2.48 bits per heavy atom. The van der Waals surface area contributed by atoms with E-state index in [4.69, 9.17) is 16.0 Å². The number of fused-ring (bicyclic) bond motifs is 1. The Morgan fingerprint density at radius 2 is 1.71 bits per heavy atom. The van der Waals surface area contributed by atoms with Gasteiger partial charge in [0.15, 0.2) is 5.58 Å². The second kappa shape index (κ2) is 7.81. The zero-order valence-electron chi connectivity index (χ0n) is 15.8. The van der Waals surface area contributed by atoms with E-state index in [-0.39, 0.29) is 10.9 Å². The minimum absolute atomic E-state index is 0.0939. The van der Waals surface area contributed by atoms with Crippen molar-refractivity contribution in [3.63, 3.8) is 0 Å². The third-order valence-corrected chi connectivity index (χ3v) is 7.21. The van der Waals surface area contributed by atoms with Crippen molar-refractivity contribution in [2.75, 3.05) is 4.72 Å². The summed E-state index contributed by atoms with van der Waals surface area (Å²) < 4.78 is 33.3. The Bertz CT molecular complexity index is 1480. The number of aromatic nitrogens is 2. The van der Waals surface area contributed by atoms with E-state index < -0.39 is 10.0 Å². The fraction of sp³-hybridized carbons (Fsp3) is 0. The molecule has 5 aromatic rings. The molecule has 0 amide bonds. The fourth-order valence-electron chi connectivity index (χ4n) is 3.04. The van der Waals surface area contributed by atoms with Crippen LogP contribution in [0, 0.1) is 0 Å². The third-order valence-electron chi connectivity index (χ3n) is 4.55. The molecule has 0 aliphatic heterocycles. The second-order valence-electron chi connectivity index (χ2n) is 6.66. The number of rotatable bonds is 5. The van der Waals surface area contributed by atoms with E-state index in [1.165, 1.54) is 12.1 Å². The molecule has 0 aliphatic rings. The minimum atomic E-state index is -3.86. The standard InChI is InChI=1S/C22H14ClN3O3S2/c23-16-8-11-19-18(12-16)25-22(29-19)26-31(27,28)17-9-6-15(7-10-17)21-24-13-20(30-21)14-4-2-1-3-5-14/h1-13H,(H,25,26). The van der Waals surface area contributed by atoms with Gasteiger partial charge in [-0.2, -0.15) is 4.98 Å². The first kappa shape index (κ1) is 19.7. The quantitative estimate of drug-likeness (QED) is 0.339. The third kappa shape index (κ3) is 4.05. The monoisotopic (exact) mass is 467 g/mol. The molecule has 9 heteroatoms. The maximum Gasteiger partial charge on any atom is 0.309 e. The lowest BCUT2D eigenvalue weighted by Gasteiger charge is -2.05. The van der Waals surface area contributed by atoms with Gasteiger partial charge >= 0.3 is 6.01 Å². The molecule has 6 nitrogen and oxygen atoms in total. The number of thiazole rings is 1. The molecule has 154 valence electrons. The number of oxazole rings is 1. The number of hydrogen-bond donors (Lipinski definition) is 1. The van der Waals surface area contributed by atoms with Crippen molar-refractivity contribution in [3.05, 3.63) is 84.0 Å². The van der Waals surface area contributed by atoms with Crippen LogP contribution in [0.4, 0.5) is 6.01 Å². The number of anilines is 1. The van der Waals surface area contributed by atoms with Crippen molar-refractivity contribution in [1.29, 1.82) is 0 Å². The Kier molecular flexibility index (Phi) is 4.97. The normalized spacial score (nSPS) is 11.6.